The molecule has 1 saturated carbocycles. The first-order chi connectivity index (χ1) is 16.9. The maximum atomic E-state index is 11.6. The topological polar surface area (TPSA) is 75.3 Å². The van der Waals surface area contributed by atoms with E-state index in [1.807, 2.05) is 43.6 Å². The van der Waals surface area contributed by atoms with Crippen LogP contribution in [0.25, 0.3) is 22.3 Å². The second-order valence-corrected chi connectivity index (χ2v) is 9.92. The zero-order chi connectivity index (χ0) is 24.6. The van der Waals surface area contributed by atoms with Crippen molar-refractivity contribution in [2.45, 2.75) is 56.5 Å². The first-order valence-electron chi connectivity index (χ1n) is 12.4. The Morgan fingerprint density at radius 3 is 2.20 bits per heavy atom. The van der Waals surface area contributed by atoms with Crippen LogP contribution in [0.1, 0.15) is 56.7 Å². The molecule has 0 radical (unpaired) electrons. The van der Waals surface area contributed by atoms with Gasteiger partial charge in [0.2, 0.25) is 0 Å². The summed E-state index contributed by atoms with van der Waals surface area (Å²) in [6, 6.07) is 16.1. The predicted molar refractivity (Wildman–Crippen MR) is 138 cm³/mol. The molecule has 0 bridgehead atoms. The molecule has 1 aromatic heterocycles. The number of carboxylic acid groups (broad SMARTS) is 1. The van der Waals surface area contributed by atoms with Crippen molar-refractivity contribution in [1.82, 2.24) is 9.78 Å². The van der Waals surface area contributed by atoms with Gasteiger partial charge in [0.1, 0.15) is 5.60 Å². The lowest BCUT2D eigenvalue weighted by Gasteiger charge is -2.28. The molecular formula is C30H32N2O3. The molecule has 180 valence electrons. The number of unbranched alkanes of at least 4 members (excludes halogenated alkanes) is 1. The van der Waals surface area contributed by atoms with Crippen molar-refractivity contribution in [2.75, 3.05) is 0 Å². The van der Waals surface area contributed by atoms with Gasteiger partial charge in [0, 0.05) is 19.0 Å². The van der Waals surface area contributed by atoms with Gasteiger partial charge in [-0.15, -0.1) is 0 Å². The minimum absolute atomic E-state index is 0.539. The van der Waals surface area contributed by atoms with Crippen LogP contribution in [0.5, 0.6) is 0 Å². The third-order valence-electron chi connectivity index (χ3n) is 7.54. The van der Waals surface area contributed by atoms with E-state index in [1.165, 1.54) is 5.57 Å². The molecule has 5 rings (SSSR count). The van der Waals surface area contributed by atoms with E-state index in [0.717, 1.165) is 52.8 Å². The average molecular weight is 469 g/mol. The average Bonchev–Trinajstić information content (AvgIpc) is 3.60. The van der Waals surface area contributed by atoms with E-state index in [2.05, 4.69) is 48.4 Å². The monoisotopic (exact) mass is 468 g/mol. The summed E-state index contributed by atoms with van der Waals surface area (Å²) < 4.78 is 1.77. The molecule has 5 heteroatoms. The van der Waals surface area contributed by atoms with Gasteiger partial charge < -0.3 is 10.2 Å². The molecule has 2 aromatic carbocycles. The van der Waals surface area contributed by atoms with E-state index < -0.39 is 17.0 Å². The Hall–Kier alpha value is -3.44. The van der Waals surface area contributed by atoms with E-state index in [1.54, 1.807) is 4.68 Å². The molecule has 0 spiro atoms. The van der Waals surface area contributed by atoms with Gasteiger partial charge in [-0.1, -0.05) is 79.6 Å². The zero-order valence-electron chi connectivity index (χ0n) is 20.4. The number of hydrogen-bond acceptors (Lipinski definition) is 3. The Bertz CT molecular complexity index is 1290. The van der Waals surface area contributed by atoms with Crippen LogP contribution >= 0.6 is 0 Å². The number of aromatic nitrogens is 2. The van der Waals surface area contributed by atoms with Gasteiger partial charge in [-0.2, -0.15) is 5.10 Å². The number of benzene rings is 2. The SMILES string of the molecule is CCCCC1=CCC(O)(c2c(-c3ccc(-c4ccc(C5(C(=O)O)CC5)cc4)cc3)cnn2C)C=C1. The van der Waals surface area contributed by atoms with E-state index in [9.17, 15) is 15.0 Å². The Balaban J connectivity index is 1.38. The maximum Gasteiger partial charge on any atom is 0.314 e. The Kier molecular flexibility index (Phi) is 5.97. The van der Waals surface area contributed by atoms with Gasteiger partial charge in [-0.25, -0.2) is 0 Å². The zero-order valence-corrected chi connectivity index (χ0v) is 20.4. The highest BCUT2D eigenvalue weighted by Crippen LogP contribution is 2.48. The molecular weight excluding hydrogens is 436 g/mol. The molecule has 2 aliphatic carbocycles. The van der Waals surface area contributed by atoms with Crippen molar-refractivity contribution in [3.05, 3.63) is 89.8 Å². The standard InChI is InChI=1S/C30H32N2O3/c1-3-4-5-21-14-16-30(35,17-15-21)27-26(20-31-32(27)2)24-8-6-22(7-9-24)23-10-12-25(13-11-23)29(18-19-29)28(33)34/h6-16,20,35H,3-5,17-19H2,1-2H3,(H,33,34). The number of aryl methyl sites for hydroxylation is 1. The number of hydrogen-bond donors (Lipinski definition) is 2. The first-order valence-corrected chi connectivity index (χ1v) is 12.4. The van der Waals surface area contributed by atoms with Gasteiger partial charge in [-0.3, -0.25) is 9.48 Å². The molecule has 2 aliphatic rings. The predicted octanol–water partition coefficient (Wildman–Crippen LogP) is 6.13. The number of carboxylic acids is 1. The fourth-order valence-electron chi connectivity index (χ4n) is 5.15. The smallest absolute Gasteiger partial charge is 0.314 e. The number of aliphatic hydroxyl groups is 1. The van der Waals surface area contributed by atoms with Crippen molar-refractivity contribution >= 4 is 5.97 Å². The molecule has 1 heterocycles. The molecule has 1 atom stereocenters. The van der Waals surface area contributed by atoms with Crippen LogP contribution < -0.4 is 0 Å². The van der Waals surface area contributed by atoms with Gasteiger partial charge in [0.05, 0.1) is 17.3 Å². The summed E-state index contributed by atoms with van der Waals surface area (Å²) in [7, 11) is 1.88. The van der Waals surface area contributed by atoms with E-state index in [-0.39, 0.29) is 0 Å². The quantitative estimate of drug-likeness (QED) is 0.417. The highest BCUT2D eigenvalue weighted by Gasteiger charge is 2.51. The summed E-state index contributed by atoms with van der Waals surface area (Å²) in [4.78, 5) is 11.6. The van der Waals surface area contributed by atoms with Gasteiger partial charge >= 0.3 is 5.97 Å². The van der Waals surface area contributed by atoms with Gasteiger partial charge in [0.25, 0.3) is 0 Å². The van der Waals surface area contributed by atoms with E-state index in [0.29, 0.717) is 19.3 Å². The fraction of sp³-hybridized carbons (Fsp3) is 0.333. The van der Waals surface area contributed by atoms with Crippen molar-refractivity contribution in [2.24, 2.45) is 7.05 Å². The van der Waals surface area contributed by atoms with Gasteiger partial charge in [-0.05, 0) is 54.0 Å². The van der Waals surface area contributed by atoms with E-state index >= 15 is 0 Å². The minimum Gasteiger partial charge on any atom is -0.481 e. The summed E-state index contributed by atoms with van der Waals surface area (Å²) in [6.07, 6.45) is 13.3. The first kappa shape index (κ1) is 23.3. The fourth-order valence-corrected chi connectivity index (χ4v) is 5.15. The summed E-state index contributed by atoms with van der Waals surface area (Å²) in [6.45, 7) is 2.19. The minimum atomic E-state index is -1.09. The Morgan fingerprint density at radius 1 is 1.03 bits per heavy atom. The largest absolute Gasteiger partial charge is 0.481 e. The number of allylic oxidation sites excluding steroid dienone is 2. The van der Waals surface area contributed by atoms with Crippen molar-refractivity contribution in [3.8, 4) is 22.3 Å². The van der Waals surface area contributed by atoms with Gasteiger partial charge in [0.15, 0.2) is 0 Å². The van der Waals surface area contributed by atoms with Crippen LogP contribution in [0, 0.1) is 0 Å². The highest BCUT2D eigenvalue weighted by atomic mass is 16.4. The van der Waals surface area contributed by atoms with Crippen LogP contribution in [-0.4, -0.2) is 26.0 Å². The molecule has 1 unspecified atom stereocenters. The lowest BCUT2D eigenvalue weighted by atomic mass is 9.84. The molecule has 5 nitrogen and oxygen atoms in total. The van der Waals surface area contributed by atoms with Crippen LogP contribution in [-0.2, 0) is 22.9 Å². The molecule has 2 N–H and O–H groups in total. The Morgan fingerprint density at radius 2 is 1.66 bits per heavy atom. The number of carbonyl (C=O) groups is 1. The normalized spacial score (nSPS) is 20.5. The molecule has 0 amide bonds. The summed E-state index contributed by atoms with van der Waals surface area (Å²) in [5.74, 6) is -0.732. The lowest BCUT2D eigenvalue weighted by Crippen LogP contribution is -2.28. The number of rotatable bonds is 8. The van der Waals surface area contributed by atoms with Crippen LogP contribution in [0.4, 0.5) is 0 Å². The van der Waals surface area contributed by atoms with Crippen LogP contribution in [0.3, 0.4) is 0 Å². The summed E-state index contributed by atoms with van der Waals surface area (Å²) in [5.41, 5.74) is 5.21. The Labute approximate surface area is 206 Å². The highest BCUT2D eigenvalue weighted by molar-refractivity contribution is 5.85. The molecule has 35 heavy (non-hydrogen) atoms. The van der Waals surface area contributed by atoms with Crippen molar-refractivity contribution < 1.29 is 15.0 Å². The molecule has 3 aromatic rings. The van der Waals surface area contributed by atoms with E-state index in [4.69, 9.17) is 0 Å². The molecule has 0 aliphatic heterocycles. The maximum absolute atomic E-state index is 11.6. The second-order valence-electron chi connectivity index (χ2n) is 9.92. The van der Waals surface area contributed by atoms with Crippen molar-refractivity contribution in [3.63, 3.8) is 0 Å². The number of nitrogens with zero attached hydrogens (tertiary/aromatic N) is 2. The lowest BCUT2D eigenvalue weighted by molar-refractivity contribution is -0.140. The third-order valence-corrected chi connectivity index (χ3v) is 7.54. The van der Waals surface area contributed by atoms with Crippen molar-refractivity contribution in [1.29, 1.82) is 0 Å². The third kappa shape index (κ3) is 4.25. The van der Waals surface area contributed by atoms with Crippen LogP contribution in [0.15, 0.2) is 78.5 Å². The molecule has 0 saturated heterocycles. The molecule has 1 fully saturated rings. The van der Waals surface area contributed by atoms with Crippen LogP contribution in [0.2, 0.25) is 0 Å². The second kappa shape index (κ2) is 8.97. The number of aliphatic carboxylic acids is 1. The summed E-state index contributed by atoms with van der Waals surface area (Å²) in [5, 5.41) is 25.5. The summed E-state index contributed by atoms with van der Waals surface area (Å²) >= 11 is 0.